The number of hydrogen-bond donors (Lipinski definition) is 1. The number of nitrogens with one attached hydrogen (secondary N) is 1. The summed E-state index contributed by atoms with van der Waals surface area (Å²) in [5.74, 6) is 0.898. The van der Waals surface area contributed by atoms with E-state index in [1.807, 2.05) is 48.5 Å². The van der Waals surface area contributed by atoms with E-state index in [0.717, 1.165) is 25.3 Å². The molecule has 5 nitrogen and oxygen atoms in total. The lowest BCUT2D eigenvalue weighted by Crippen LogP contribution is -2.24. The van der Waals surface area contributed by atoms with Crippen LogP contribution in [-0.4, -0.2) is 25.8 Å². The zero-order valence-corrected chi connectivity index (χ0v) is 17.6. The van der Waals surface area contributed by atoms with Gasteiger partial charge in [0.2, 0.25) is 0 Å². The summed E-state index contributed by atoms with van der Waals surface area (Å²) in [6.45, 7) is -0.149. The van der Waals surface area contributed by atoms with Gasteiger partial charge in [0.1, 0.15) is 11.5 Å². The Labute approximate surface area is 173 Å². The van der Waals surface area contributed by atoms with E-state index in [4.69, 9.17) is 9.47 Å². The van der Waals surface area contributed by atoms with Crippen LogP contribution in [0.1, 0.15) is 5.56 Å². The third kappa shape index (κ3) is 4.87. The van der Waals surface area contributed by atoms with Crippen molar-refractivity contribution in [2.45, 2.75) is 0 Å². The van der Waals surface area contributed by atoms with Gasteiger partial charge in [-0.1, -0.05) is 46.3 Å². The quantitative estimate of drug-likeness (QED) is 0.394. The fourth-order valence-electron chi connectivity index (χ4n) is 2.52. The Balaban J connectivity index is 1.66. The molecule has 3 aromatic carbocycles. The minimum atomic E-state index is -0.361. The van der Waals surface area contributed by atoms with E-state index in [1.165, 1.54) is 0 Å². The SMILES string of the molecule is COc1ccc2ccccc2c1C=NNC(=O)COc1ccc(Br)cc1Br. The highest BCUT2D eigenvalue weighted by Gasteiger charge is 2.07. The van der Waals surface area contributed by atoms with Crippen molar-refractivity contribution in [2.75, 3.05) is 13.7 Å². The van der Waals surface area contributed by atoms with Crippen LogP contribution in [-0.2, 0) is 4.79 Å². The number of amides is 1. The van der Waals surface area contributed by atoms with E-state index in [2.05, 4.69) is 42.4 Å². The van der Waals surface area contributed by atoms with E-state index in [1.54, 1.807) is 19.4 Å². The van der Waals surface area contributed by atoms with Gasteiger partial charge < -0.3 is 9.47 Å². The molecule has 0 aliphatic carbocycles. The normalized spacial score (nSPS) is 10.9. The Kier molecular flexibility index (Phi) is 6.47. The predicted octanol–water partition coefficient (Wildman–Crippen LogP) is 4.90. The number of hydrogen-bond acceptors (Lipinski definition) is 4. The molecule has 1 N–H and O–H groups in total. The van der Waals surface area contributed by atoms with Crippen molar-refractivity contribution in [1.82, 2.24) is 5.43 Å². The van der Waals surface area contributed by atoms with Crippen LogP contribution in [0.5, 0.6) is 11.5 Å². The highest BCUT2D eigenvalue weighted by Crippen LogP contribution is 2.28. The topological polar surface area (TPSA) is 59.9 Å². The van der Waals surface area contributed by atoms with E-state index in [-0.39, 0.29) is 12.5 Å². The molecule has 1 amide bonds. The van der Waals surface area contributed by atoms with Gasteiger partial charge in [-0.2, -0.15) is 5.10 Å². The third-order valence-electron chi connectivity index (χ3n) is 3.79. The van der Waals surface area contributed by atoms with Crippen LogP contribution in [0.4, 0.5) is 0 Å². The van der Waals surface area contributed by atoms with Crippen molar-refractivity contribution in [3.63, 3.8) is 0 Å². The molecular formula is C20H16Br2N2O3. The average Bonchev–Trinajstić information content (AvgIpc) is 2.67. The first-order valence-electron chi connectivity index (χ1n) is 8.04. The summed E-state index contributed by atoms with van der Waals surface area (Å²) in [4.78, 5) is 12.0. The van der Waals surface area contributed by atoms with Crippen molar-refractivity contribution in [3.8, 4) is 11.5 Å². The first-order valence-corrected chi connectivity index (χ1v) is 9.62. The number of carbonyl (C=O) groups is 1. The molecule has 0 heterocycles. The number of halogens is 2. The Morgan fingerprint density at radius 1 is 1.11 bits per heavy atom. The summed E-state index contributed by atoms with van der Waals surface area (Å²) in [6.07, 6.45) is 1.58. The Bertz CT molecular complexity index is 1010. The molecule has 0 atom stereocenters. The molecule has 0 saturated heterocycles. The molecule has 0 bridgehead atoms. The van der Waals surface area contributed by atoms with E-state index < -0.39 is 0 Å². The van der Waals surface area contributed by atoms with Crippen LogP contribution >= 0.6 is 31.9 Å². The second kappa shape index (κ2) is 9.01. The molecule has 0 aromatic heterocycles. The van der Waals surface area contributed by atoms with E-state index in [9.17, 15) is 4.79 Å². The summed E-state index contributed by atoms with van der Waals surface area (Å²) in [7, 11) is 1.60. The number of carbonyl (C=O) groups excluding carboxylic acids is 1. The number of nitrogens with zero attached hydrogens (tertiary/aromatic N) is 1. The van der Waals surface area contributed by atoms with Crippen LogP contribution in [0.2, 0.25) is 0 Å². The van der Waals surface area contributed by atoms with Gasteiger partial charge in [0, 0.05) is 10.0 Å². The molecule has 0 fully saturated rings. The third-order valence-corrected chi connectivity index (χ3v) is 4.90. The zero-order valence-electron chi connectivity index (χ0n) is 14.4. The monoisotopic (exact) mass is 490 g/mol. The van der Waals surface area contributed by atoms with Crippen LogP contribution < -0.4 is 14.9 Å². The molecule has 0 spiro atoms. The largest absolute Gasteiger partial charge is 0.496 e. The number of rotatable bonds is 6. The molecule has 27 heavy (non-hydrogen) atoms. The summed E-state index contributed by atoms with van der Waals surface area (Å²) in [6, 6.07) is 17.2. The molecular weight excluding hydrogens is 476 g/mol. The van der Waals surface area contributed by atoms with Gasteiger partial charge in [0.15, 0.2) is 6.61 Å². The van der Waals surface area contributed by atoms with Gasteiger partial charge in [0.25, 0.3) is 5.91 Å². The minimum absolute atomic E-state index is 0.149. The lowest BCUT2D eigenvalue weighted by Gasteiger charge is -2.09. The summed E-state index contributed by atoms with van der Waals surface area (Å²) < 4.78 is 12.6. The highest BCUT2D eigenvalue weighted by molar-refractivity contribution is 9.11. The van der Waals surface area contributed by atoms with Crippen LogP contribution in [0, 0.1) is 0 Å². The standard InChI is InChI=1S/C20H16Br2N2O3/c1-26-18-8-6-13-4-2-3-5-15(13)16(18)11-23-24-20(25)12-27-19-9-7-14(21)10-17(19)22/h2-11H,12H2,1H3,(H,24,25). The van der Waals surface area contributed by atoms with E-state index >= 15 is 0 Å². The van der Waals surface area contributed by atoms with Crippen molar-refractivity contribution in [1.29, 1.82) is 0 Å². The molecule has 3 rings (SSSR count). The molecule has 0 aliphatic rings. The van der Waals surface area contributed by atoms with Gasteiger partial charge in [-0.15, -0.1) is 0 Å². The first kappa shape index (κ1) is 19.4. The molecule has 0 unspecified atom stereocenters. The number of benzene rings is 3. The van der Waals surface area contributed by atoms with Gasteiger partial charge in [-0.25, -0.2) is 5.43 Å². The molecule has 3 aromatic rings. The number of hydrazone groups is 1. The second-order valence-corrected chi connectivity index (χ2v) is 7.33. The fraction of sp³-hybridized carbons (Fsp3) is 0.100. The number of methoxy groups -OCH3 is 1. The van der Waals surface area contributed by atoms with Crippen LogP contribution in [0.25, 0.3) is 10.8 Å². The first-order chi connectivity index (χ1) is 13.1. The van der Waals surface area contributed by atoms with E-state index in [0.29, 0.717) is 11.5 Å². The highest BCUT2D eigenvalue weighted by atomic mass is 79.9. The lowest BCUT2D eigenvalue weighted by atomic mass is 10.0. The Hall–Kier alpha value is -2.38. The van der Waals surface area contributed by atoms with Crippen LogP contribution in [0.15, 0.2) is 68.6 Å². The second-order valence-electron chi connectivity index (χ2n) is 5.56. The predicted molar refractivity (Wildman–Crippen MR) is 114 cm³/mol. The summed E-state index contributed by atoms with van der Waals surface area (Å²) >= 11 is 6.76. The maximum atomic E-state index is 12.0. The summed E-state index contributed by atoms with van der Waals surface area (Å²) in [5, 5.41) is 6.10. The van der Waals surface area contributed by atoms with Gasteiger partial charge in [-0.3, -0.25) is 4.79 Å². The number of ether oxygens (including phenoxy) is 2. The molecule has 0 radical (unpaired) electrons. The van der Waals surface area contributed by atoms with Crippen molar-refractivity contribution < 1.29 is 14.3 Å². The molecule has 0 aliphatic heterocycles. The lowest BCUT2D eigenvalue weighted by molar-refractivity contribution is -0.123. The molecule has 7 heteroatoms. The maximum Gasteiger partial charge on any atom is 0.277 e. The number of fused-ring (bicyclic) bond motifs is 1. The van der Waals surface area contributed by atoms with Crippen molar-refractivity contribution in [3.05, 3.63) is 69.1 Å². The van der Waals surface area contributed by atoms with Gasteiger partial charge in [-0.05, 0) is 51.0 Å². The summed E-state index contributed by atoms with van der Waals surface area (Å²) in [5.41, 5.74) is 3.27. The average molecular weight is 492 g/mol. The van der Waals surface area contributed by atoms with Crippen molar-refractivity contribution >= 4 is 54.8 Å². The van der Waals surface area contributed by atoms with Gasteiger partial charge in [0.05, 0.1) is 17.8 Å². The maximum absolute atomic E-state index is 12.0. The molecule has 0 saturated carbocycles. The fourth-order valence-corrected chi connectivity index (χ4v) is 3.68. The van der Waals surface area contributed by atoms with Crippen molar-refractivity contribution in [2.24, 2.45) is 5.10 Å². The van der Waals surface area contributed by atoms with Gasteiger partial charge >= 0.3 is 0 Å². The smallest absolute Gasteiger partial charge is 0.277 e. The molecule has 138 valence electrons. The minimum Gasteiger partial charge on any atom is -0.496 e. The Morgan fingerprint density at radius 2 is 1.89 bits per heavy atom. The zero-order chi connectivity index (χ0) is 19.2. The van der Waals surface area contributed by atoms with Crippen LogP contribution in [0.3, 0.4) is 0 Å². The Morgan fingerprint density at radius 3 is 2.67 bits per heavy atom.